The van der Waals surface area contributed by atoms with Crippen LogP contribution in [0, 0.1) is 0 Å². The molecule has 15 heteroatoms. The van der Waals surface area contributed by atoms with E-state index in [2.05, 4.69) is 4.98 Å². The van der Waals surface area contributed by atoms with E-state index in [0.29, 0.717) is 24.4 Å². The quantitative estimate of drug-likeness (QED) is 0.255. The highest BCUT2D eigenvalue weighted by Crippen LogP contribution is 2.35. The van der Waals surface area contributed by atoms with Gasteiger partial charge >= 0.3 is 6.18 Å². The average Bonchev–Trinajstić information content (AvgIpc) is 2.99. The molecule has 224 valence electrons. The van der Waals surface area contributed by atoms with E-state index in [4.69, 9.17) is 4.74 Å². The summed E-state index contributed by atoms with van der Waals surface area (Å²) in [5.74, 6) is -0.915. The number of sulfonamides is 1. The number of halogens is 3. The minimum Gasteiger partial charge on any atom is -0.494 e. The zero-order valence-corrected chi connectivity index (χ0v) is 23.0. The first kappa shape index (κ1) is 30.5. The van der Waals surface area contributed by atoms with E-state index in [1.165, 1.54) is 27.1 Å². The fraction of sp³-hybridized carbons (Fsp3) is 0.500. The Kier molecular flexibility index (Phi) is 9.39. The van der Waals surface area contributed by atoms with Crippen molar-refractivity contribution in [3.05, 3.63) is 54.4 Å². The summed E-state index contributed by atoms with van der Waals surface area (Å²) < 4.78 is 69.2. The van der Waals surface area contributed by atoms with Gasteiger partial charge in [0.25, 0.3) is 11.8 Å². The van der Waals surface area contributed by atoms with Crippen molar-refractivity contribution in [3.63, 3.8) is 0 Å². The number of likely N-dealkylation sites (tertiary alicyclic amines) is 1. The number of pyridine rings is 1. The molecule has 2 aromatic rings. The molecule has 11 nitrogen and oxygen atoms in total. The molecule has 2 fully saturated rings. The van der Waals surface area contributed by atoms with E-state index in [1.54, 1.807) is 36.4 Å². The number of benzene rings is 1. The molecule has 0 unspecified atom stereocenters. The minimum atomic E-state index is -4.22. The van der Waals surface area contributed by atoms with Gasteiger partial charge in [-0.05, 0) is 55.7 Å². The predicted molar refractivity (Wildman–Crippen MR) is 142 cm³/mol. The van der Waals surface area contributed by atoms with Crippen molar-refractivity contribution in [2.45, 2.75) is 36.6 Å². The summed E-state index contributed by atoms with van der Waals surface area (Å²) >= 11 is 0. The number of hydrogen-bond acceptors (Lipinski definition) is 8. The second kappa shape index (κ2) is 12.6. The van der Waals surface area contributed by atoms with Gasteiger partial charge in [-0.2, -0.15) is 17.5 Å². The zero-order valence-electron chi connectivity index (χ0n) is 22.2. The fourth-order valence-electron chi connectivity index (χ4n) is 5.10. The van der Waals surface area contributed by atoms with Crippen LogP contribution in [0.4, 0.5) is 18.9 Å². The number of nitrogens with one attached hydrogen (secondary N) is 1. The first-order valence-electron chi connectivity index (χ1n) is 13.1. The van der Waals surface area contributed by atoms with Gasteiger partial charge in [-0.15, -0.1) is 0 Å². The van der Waals surface area contributed by atoms with Crippen molar-refractivity contribution < 1.29 is 41.1 Å². The molecule has 0 aliphatic carbocycles. The number of amides is 2. The van der Waals surface area contributed by atoms with E-state index in [9.17, 15) is 36.4 Å². The van der Waals surface area contributed by atoms with Gasteiger partial charge in [-0.1, -0.05) is 0 Å². The normalized spacial score (nSPS) is 18.1. The number of hydroxylamine groups is 1. The Hall–Kier alpha value is -3.43. The maximum absolute atomic E-state index is 13.8. The van der Waals surface area contributed by atoms with Crippen molar-refractivity contribution in [2.24, 2.45) is 0 Å². The third-order valence-electron chi connectivity index (χ3n) is 7.43. The maximum Gasteiger partial charge on any atom is 0.389 e. The van der Waals surface area contributed by atoms with Crippen molar-refractivity contribution in [1.82, 2.24) is 19.7 Å². The summed E-state index contributed by atoms with van der Waals surface area (Å²) in [5.41, 5.74) is 2.67. The Morgan fingerprint density at radius 2 is 1.68 bits per heavy atom. The molecule has 2 aliphatic heterocycles. The fourth-order valence-corrected chi connectivity index (χ4v) is 7.21. The number of piperazine rings is 1. The first-order chi connectivity index (χ1) is 19.5. The zero-order chi connectivity index (χ0) is 29.7. The van der Waals surface area contributed by atoms with Gasteiger partial charge in [0, 0.05) is 63.8 Å². The topological polar surface area (TPSA) is 132 Å². The lowest BCUT2D eigenvalue weighted by Crippen LogP contribution is -2.64. The van der Waals surface area contributed by atoms with Crippen LogP contribution in [0.5, 0.6) is 5.75 Å². The number of anilines is 1. The van der Waals surface area contributed by atoms with Crippen molar-refractivity contribution in [2.75, 3.05) is 50.8 Å². The third-order valence-corrected chi connectivity index (χ3v) is 10.1. The largest absolute Gasteiger partial charge is 0.494 e. The number of carbonyl (C=O) groups excluding carboxylic acids is 2. The van der Waals surface area contributed by atoms with Crippen LogP contribution in [0.25, 0.3) is 0 Å². The van der Waals surface area contributed by atoms with E-state index in [0.717, 1.165) is 5.69 Å². The summed E-state index contributed by atoms with van der Waals surface area (Å²) in [6, 6.07) is 10.0. The highest BCUT2D eigenvalue weighted by molar-refractivity contribution is 7.91. The molecule has 2 aliphatic rings. The van der Waals surface area contributed by atoms with E-state index >= 15 is 0 Å². The molecular weight excluding hydrogens is 567 g/mol. The monoisotopic (exact) mass is 599 g/mol. The summed E-state index contributed by atoms with van der Waals surface area (Å²) in [6.07, 6.45) is -2.69. The molecule has 2 N–H and O–H groups in total. The van der Waals surface area contributed by atoms with Gasteiger partial charge in [-0.3, -0.25) is 19.8 Å². The van der Waals surface area contributed by atoms with Crippen LogP contribution in [-0.2, 0) is 14.8 Å². The molecule has 1 aromatic heterocycles. The number of ether oxygens (including phenoxy) is 1. The molecule has 3 heterocycles. The number of rotatable bonds is 9. The van der Waals surface area contributed by atoms with Crippen molar-refractivity contribution in [3.8, 4) is 5.75 Å². The summed E-state index contributed by atoms with van der Waals surface area (Å²) in [5, 5.41) is 9.44. The first-order valence-corrected chi connectivity index (χ1v) is 14.6. The summed E-state index contributed by atoms with van der Waals surface area (Å²) in [6.45, 7) is 0.790. The standard InChI is InChI=1S/C26H32F3N5O6S/c27-26(28,29)8-2-18-40-22-6-4-21(5-7-22)32-14-16-34(17-15-32)41(38,39)25(24(36)31-37)9-12-33(13-10-25)23(35)20-3-1-11-30-19-20/h1,3-7,11,19,37H,2,8-10,12-18H2,(H,31,36). The second-order valence-corrected chi connectivity index (χ2v) is 12.2. The molecule has 0 radical (unpaired) electrons. The molecule has 41 heavy (non-hydrogen) atoms. The van der Waals surface area contributed by atoms with Crippen LogP contribution in [0.2, 0.25) is 0 Å². The Bertz CT molecular complexity index is 1300. The molecule has 2 saturated heterocycles. The number of alkyl halides is 3. The number of aromatic nitrogens is 1. The van der Waals surface area contributed by atoms with E-state index in [1.807, 2.05) is 4.90 Å². The SMILES string of the molecule is O=C(c1cccnc1)N1CCC(C(=O)NO)(S(=O)(=O)N2CCN(c3ccc(OCCCC(F)(F)F)cc3)CC2)CC1. The number of nitrogens with zero attached hydrogens (tertiary/aromatic N) is 4. The third kappa shape index (κ3) is 6.90. The van der Waals surface area contributed by atoms with Crippen LogP contribution >= 0.6 is 0 Å². The molecule has 1 aromatic carbocycles. The van der Waals surface area contributed by atoms with Gasteiger partial charge in [0.1, 0.15) is 5.75 Å². The lowest BCUT2D eigenvalue weighted by atomic mass is 9.94. The van der Waals surface area contributed by atoms with E-state index in [-0.39, 0.29) is 58.0 Å². The Labute approximate surface area is 235 Å². The van der Waals surface area contributed by atoms with Gasteiger partial charge in [0.2, 0.25) is 10.0 Å². The molecule has 0 atom stereocenters. The molecule has 0 saturated carbocycles. The van der Waals surface area contributed by atoms with Crippen LogP contribution < -0.4 is 15.1 Å². The lowest BCUT2D eigenvalue weighted by Gasteiger charge is -2.44. The van der Waals surface area contributed by atoms with Gasteiger partial charge in [0.05, 0.1) is 12.2 Å². The van der Waals surface area contributed by atoms with Gasteiger partial charge in [0.15, 0.2) is 4.75 Å². The Balaban J connectivity index is 1.36. The average molecular weight is 600 g/mol. The van der Waals surface area contributed by atoms with Crippen LogP contribution in [0.15, 0.2) is 48.8 Å². The Morgan fingerprint density at radius 1 is 1.02 bits per heavy atom. The van der Waals surface area contributed by atoms with Crippen molar-refractivity contribution >= 4 is 27.5 Å². The molecular formula is C26H32F3N5O6S. The van der Waals surface area contributed by atoms with Crippen molar-refractivity contribution in [1.29, 1.82) is 0 Å². The molecule has 2 amide bonds. The predicted octanol–water partition coefficient (Wildman–Crippen LogP) is 2.44. The second-order valence-electron chi connectivity index (χ2n) is 9.92. The molecule has 0 bridgehead atoms. The Morgan fingerprint density at radius 3 is 2.24 bits per heavy atom. The van der Waals surface area contributed by atoms with E-state index < -0.39 is 33.3 Å². The summed E-state index contributed by atoms with van der Waals surface area (Å²) in [7, 11) is -4.22. The number of carbonyl (C=O) groups is 2. The number of hydrogen-bond donors (Lipinski definition) is 2. The maximum atomic E-state index is 13.8. The molecule has 4 rings (SSSR count). The van der Waals surface area contributed by atoms with Crippen LogP contribution in [0.1, 0.15) is 36.0 Å². The highest BCUT2D eigenvalue weighted by atomic mass is 32.2. The van der Waals surface area contributed by atoms with Gasteiger partial charge in [-0.25, -0.2) is 13.9 Å². The smallest absolute Gasteiger partial charge is 0.389 e. The highest BCUT2D eigenvalue weighted by Gasteiger charge is 2.55. The molecule has 0 spiro atoms. The van der Waals surface area contributed by atoms with Crippen LogP contribution in [0.3, 0.4) is 0 Å². The summed E-state index contributed by atoms with van der Waals surface area (Å²) in [4.78, 5) is 33.0. The number of piperidine rings is 1. The van der Waals surface area contributed by atoms with Gasteiger partial charge < -0.3 is 14.5 Å². The van der Waals surface area contributed by atoms with Crippen LogP contribution in [-0.4, -0.2) is 96.4 Å². The lowest BCUT2D eigenvalue weighted by molar-refractivity contribution is -0.136. The minimum absolute atomic E-state index is 0.00493.